The molecule has 0 saturated carbocycles. The van der Waals surface area contributed by atoms with Crippen LogP contribution in [-0.4, -0.2) is 49.1 Å². The first-order valence-corrected chi connectivity index (χ1v) is 7.40. The molecule has 0 aliphatic carbocycles. The third-order valence-corrected chi connectivity index (χ3v) is 3.69. The highest BCUT2D eigenvalue weighted by Gasteiger charge is 2.15. The minimum atomic E-state index is 0.122. The predicted octanol–water partition coefficient (Wildman–Crippen LogP) is 1.37. The van der Waals surface area contributed by atoms with Crippen LogP contribution in [0.4, 0.5) is 0 Å². The zero-order valence-corrected chi connectivity index (χ0v) is 12.2. The van der Waals surface area contributed by atoms with Crippen LogP contribution in [0.15, 0.2) is 0 Å². The van der Waals surface area contributed by atoms with Gasteiger partial charge < -0.3 is 15.5 Å². The first-order valence-electron chi connectivity index (χ1n) is 7.40. The molecule has 1 saturated heterocycles. The second-order valence-electron chi connectivity index (χ2n) is 5.37. The highest BCUT2D eigenvalue weighted by atomic mass is 16.1. The molecule has 0 radical (unpaired) electrons. The molecule has 0 bridgehead atoms. The number of nitrogens with one attached hydrogen (secondary N) is 2. The molecular weight excluding hydrogens is 226 g/mol. The van der Waals surface area contributed by atoms with Crippen LogP contribution in [0.1, 0.15) is 46.5 Å². The van der Waals surface area contributed by atoms with Crippen molar-refractivity contribution in [2.24, 2.45) is 0 Å². The molecule has 0 spiro atoms. The summed E-state index contributed by atoms with van der Waals surface area (Å²) in [7, 11) is 0. The number of rotatable bonds is 8. The van der Waals surface area contributed by atoms with Gasteiger partial charge >= 0.3 is 0 Å². The molecule has 106 valence electrons. The van der Waals surface area contributed by atoms with Gasteiger partial charge in [-0.2, -0.15) is 0 Å². The normalized spacial score (nSPS) is 18.2. The Bertz CT molecular complexity index is 235. The summed E-state index contributed by atoms with van der Waals surface area (Å²) in [6, 6.07) is 0.712. The SMILES string of the molecule is CCC(CC)NC(=O)CNC(C)CN1CCCC1. The standard InChI is InChI=1S/C14H29N3O/c1-4-13(5-2)16-14(18)10-15-12(3)11-17-8-6-7-9-17/h12-13,15H,4-11H2,1-3H3,(H,16,18). The molecule has 0 aromatic rings. The molecule has 1 rings (SSSR count). The Morgan fingerprint density at radius 1 is 1.22 bits per heavy atom. The van der Waals surface area contributed by atoms with Crippen molar-refractivity contribution in [1.29, 1.82) is 0 Å². The van der Waals surface area contributed by atoms with E-state index >= 15 is 0 Å². The molecule has 1 aliphatic rings. The van der Waals surface area contributed by atoms with Crippen molar-refractivity contribution in [1.82, 2.24) is 15.5 Å². The Morgan fingerprint density at radius 3 is 2.39 bits per heavy atom. The van der Waals surface area contributed by atoms with Gasteiger partial charge in [0, 0.05) is 18.6 Å². The molecule has 1 atom stereocenters. The van der Waals surface area contributed by atoms with E-state index in [1.54, 1.807) is 0 Å². The fourth-order valence-corrected chi connectivity index (χ4v) is 2.46. The smallest absolute Gasteiger partial charge is 0.234 e. The first kappa shape index (κ1) is 15.4. The van der Waals surface area contributed by atoms with Crippen LogP contribution in [0, 0.1) is 0 Å². The quantitative estimate of drug-likeness (QED) is 0.688. The molecule has 2 N–H and O–H groups in total. The number of nitrogens with zero attached hydrogens (tertiary/aromatic N) is 1. The van der Waals surface area contributed by atoms with E-state index in [9.17, 15) is 4.79 Å². The highest BCUT2D eigenvalue weighted by Crippen LogP contribution is 2.07. The summed E-state index contributed by atoms with van der Waals surface area (Å²) in [5.74, 6) is 0.122. The Morgan fingerprint density at radius 2 is 1.83 bits per heavy atom. The van der Waals surface area contributed by atoms with Crippen LogP contribution >= 0.6 is 0 Å². The number of hydrogen-bond acceptors (Lipinski definition) is 3. The van der Waals surface area contributed by atoms with Gasteiger partial charge in [-0.05, 0) is 45.7 Å². The van der Waals surface area contributed by atoms with Crippen molar-refractivity contribution in [3.8, 4) is 0 Å². The van der Waals surface area contributed by atoms with Crippen LogP contribution in [0.25, 0.3) is 0 Å². The number of carbonyl (C=O) groups is 1. The number of likely N-dealkylation sites (tertiary alicyclic amines) is 1. The lowest BCUT2D eigenvalue weighted by Gasteiger charge is -2.21. The highest BCUT2D eigenvalue weighted by molar-refractivity contribution is 5.78. The summed E-state index contributed by atoms with van der Waals surface area (Å²) in [4.78, 5) is 14.2. The zero-order valence-electron chi connectivity index (χ0n) is 12.2. The lowest BCUT2D eigenvalue weighted by Crippen LogP contribution is -2.45. The van der Waals surface area contributed by atoms with Gasteiger partial charge in [-0.25, -0.2) is 0 Å². The van der Waals surface area contributed by atoms with Crippen molar-refractivity contribution in [3.05, 3.63) is 0 Å². The van der Waals surface area contributed by atoms with Gasteiger partial charge in [-0.3, -0.25) is 4.79 Å². The largest absolute Gasteiger partial charge is 0.352 e. The molecule has 1 aliphatic heterocycles. The van der Waals surface area contributed by atoms with Crippen LogP contribution in [-0.2, 0) is 4.79 Å². The van der Waals surface area contributed by atoms with Gasteiger partial charge in [0.2, 0.25) is 5.91 Å². The van der Waals surface area contributed by atoms with Crippen LogP contribution < -0.4 is 10.6 Å². The molecule has 18 heavy (non-hydrogen) atoms. The third kappa shape index (κ3) is 5.83. The predicted molar refractivity (Wildman–Crippen MR) is 75.7 cm³/mol. The number of amides is 1. The summed E-state index contributed by atoms with van der Waals surface area (Å²) in [6.45, 7) is 10.3. The summed E-state index contributed by atoms with van der Waals surface area (Å²) < 4.78 is 0. The molecule has 0 aromatic heterocycles. The molecule has 1 fully saturated rings. The maximum atomic E-state index is 11.7. The van der Waals surface area contributed by atoms with E-state index in [1.807, 2.05) is 0 Å². The summed E-state index contributed by atoms with van der Waals surface area (Å²) in [5, 5.41) is 6.36. The van der Waals surface area contributed by atoms with Gasteiger partial charge in [0.1, 0.15) is 0 Å². The molecule has 1 unspecified atom stereocenters. The summed E-state index contributed by atoms with van der Waals surface area (Å²) in [5.41, 5.74) is 0. The lowest BCUT2D eigenvalue weighted by molar-refractivity contribution is -0.121. The van der Waals surface area contributed by atoms with E-state index in [2.05, 4.69) is 36.3 Å². The molecule has 1 amide bonds. The Balaban J connectivity index is 2.12. The van der Waals surface area contributed by atoms with E-state index in [0.29, 0.717) is 18.6 Å². The second-order valence-corrected chi connectivity index (χ2v) is 5.37. The van der Waals surface area contributed by atoms with Crippen LogP contribution in [0.2, 0.25) is 0 Å². The van der Waals surface area contributed by atoms with E-state index in [0.717, 1.165) is 19.4 Å². The van der Waals surface area contributed by atoms with E-state index in [1.165, 1.54) is 25.9 Å². The minimum absolute atomic E-state index is 0.122. The van der Waals surface area contributed by atoms with Crippen molar-refractivity contribution < 1.29 is 4.79 Å². The Labute approximate surface area is 111 Å². The van der Waals surface area contributed by atoms with E-state index < -0.39 is 0 Å². The Kier molecular flexibility index (Phi) is 7.28. The fraction of sp³-hybridized carbons (Fsp3) is 0.929. The second kappa shape index (κ2) is 8.48. The molecule has 1 heterocycles. The van der Waals surface area contributed by atoms with E-state index in [-0.39, 0.29) is 5.91 Å². The van der Waals surface area contributed by atoms with Gasteiger partial charge in [0.25, 0.3) is 0 Å². The maximum absolute atomic E-state index is 11.7. The van der Waals surface area contributed by atoms with Gasteiger partial charge in [0.05, 0.1) is 6.54 Å². The monoisotopic (exact) mass is 255 g/mol. The zero-order chi connectivity index (χ0) is 13.4. The van der Waals surface area contributed by atoms with Crippen LogP contribution in [0.5, 0.6) is 0 Å². The average Bonchev–Trinajstić information content (AvgIpc) is 2.86. The van der Waals surface area contributed by atoms with Gasteiger partial charge in [-0.1, -0.05) is 13.8 Å². The van der Waals surface area contributed by atoms with Crippen LogP contribution in [0.3, 0.4) is 0 Å². The third-order valence-electron chi connectivity index (χ3n) is 3.69. The molecule has 4 nitrogen and oxygen atoms in total. The van der Waals surface area contributed by atoms with Crippen molar-refractivity contribution >= 4 is 5.91 Å². The summed E-state index contributed by atoms with van der Waals surface area (Å²) in [6.07, 6.45) is 4.65. The molecular formula is C14H29N3O. The van der Waals surface area contributed by atoms with Gasteiger partial charge in [-0.15, -0.1) is 0 Å². The first-order chi connectivity index (χ1) is 8.65. The number of hydrogen-bond donors (Lipinski definition) is 2. The summed E-state index contributed by atoms with van der Waals surface area (Å²) >= 11 is 0. The Hall–Kier alpha value is -0.610. The average molecular weight is 255 g/mol. The van der Waals surface area contributed by atoms with Crippen molar-refractivity contribution in [3.63, 3.8) is 0 Å². The van der Waals surface area contributed by atoms with Gasteiger partial charge in [0.15, 0.2) is 0 Å². The fourth-order valence-electron chi connectivity index (χ4n) is 2.46. The number of carbonyl (C=O) groups excluding carboxylic acids is 1. The maximum Gasteiger partial charge on any atom is 0.234 e. The minimum Gasteiger partial charge on any atom is -0.352 e. The van der Waals surface area contributed by atoms with Crippen molar-refractivity contribution in [2.75, 3.05) is 26.2 Å². The topological polar surface area (TPSA) is 44.4 Å². The van der Waals surface area contributed by atoms with E-state index in [4.69, 9.17) is 0 Å². The molecule has 0 aromatic carbocycles. The molecule has 4 heteroatoms. The van der Waals surface area contributed by atoms with Crippen molar-refractivity contribution in [2.45, 2.75) is 58.5 Å². The lowest BCUT2D eigenvalue weighted by atomic mass is 10.2.